The van der Waals surface area contributed by atoms with E-state index >= 15 is 0 Å². The monoisotopic (exact) mass is 1160 g/mol. The molecule has 464 valence electrons. The van der Waals surface area contributed by atoms with Gasteiger partial charge in [0.1, 0.15) is 36.2 Å². The van der Waals surface area contributed by atoms with Crippen LogP contribution >= 0.6 is 0 Å². The Labute approximate surface area is 504 Å². The second kappa shape index (κ2) is 49.6. The molecule has 14 heteroatoms. The number of aryl methyl sites for hydroxylation is 2. The van der Waals surface area contributed by atoms with Crippen LogP contribution in [0.4, 0.5) is 11.4 Å². The number of nitrogens with one attached hydrogen (secondary N) is 2. The maximum Gasteiger partial charge on any atom is 0.338 e. The van der Waals surface area contributed by atoms with Crippen LogP contribution in [0, 0.1) is 0 Å². The summed E-state index contributed by atoms with van der Waals surface area (Å²) in [6, 6.07) is 29.9. The highest BCUT2D eigenvalue weighted by Gasteiger charge is 2.08. The minimum atomic E-state index is -0.438. The Morgan fingerprint density at radius 3 is 0.964 bits per heavy atom. The highest BCUT2D eigenvalue weighted by molar-refractivity contribution is 6.03. The van der Waals surface area contributed by atoms with Gasteiger partial charge in [-0.2, -0.15) is 0 Å². The van der Waals surface area contributed by atoms with Gasteiger partial charge in [0, 0.05) is 46.9 Å². The van der Waals surface area contributed by atoms with Crippen LogP contribution < -0.4 is 29.6 Å². The zero-order chi connectivity index (χ0) is 62.0. The lowest BCUT2D eigenvalue weighted by Gasteiger charge is -2.09. The van der Waals surface area contributed by atoms with E-state index in [2.05, 4.69) is 76.8 Å². The predicted molar refractivity (Wildman–Crippen MR) is 343 cm³/mol. The quantitative estimate of drug-likeness (QED) is 0.0188. The topological polar surface area (TPSA) is 166 Å². The first kappa shape index (κ1) is 75.2. The first-order chi connectivity index (χ1) is 40.5. The van der Waals surface area contributed by atoms with Gasteiger partial charge in [0.05, 0.1) is 39.6 Å². The van der Waals surface area contributed by atoms with Crippen molar-refractivity contribution >= 4 is 35.1 Å². The van der Waals surface area contributed by atoms with Crippen LogP contribution in [-0.2, 0) is 51.0 Å². The average molecular weight is 1160 g/mol. The van der Waals surface area contributed by atoms with Crippen molar-refractivity contribution in [2.75, 3.05) is 76.7 Å². The predicted octanol–water partition coefficient (Wildman–Crippen LogP) is 16.2. The molecule has 0 saturated heterocycles. The Morgan fingerprint density at radius 1 is 0.333 bits per heavy atom. The van der Waals surface area contributed by atoms with Crippen molar-refractivity contribution in [3.8, 4) is 23.0 Å². The molecular formula is C70H102N2O12. The van der Waals surface area contributed by atoms with Gasteiger partial charge in [-0.15, -0.1) is 0 Å². The first-order valence-corrected chi connectivity index (χ1v) is 30.2. The van der Waals surface area contributed by atoms with Crippen LogP contribution in [0.1, 0.15) is 156 Å². The molecular weight excluding hydrogens is 1060 g/mol. The molecule has 0 aliphatic heterocycles. The molecule has 14 nitrogen and oxygen atoms in total. The number of carbonyl (C=O) groups is 4. The minimum absolute atomic E-state index is 0.117. The van der Waals surface area contributed by atoms with Crippen molar-refractivity contribution in [1.29, 1.82) is 0 Å². The van der Waals surface area contributed by atoms with Crippen molar-refractivity contribution in [2.24, 2.45) is 0 Å². The fourth-order valence-electron chi connectivity index (χ4n) is 7.17. The summed E-state index contributed by atoms with van der Waals surface area (Å²) in [5, 5.41) is 5.56. The lowest BCUT2D eigenvalue weighted by molar-refractivity contribution is -0.130. The fourth-order valence-corrected chi connectivity index (χ4v) is 7.17. The van der Waals surface area contributed by atoms with Crippen molar-refractivity contribution < 1.29 is 57.1 Å². The van der Waals surface area contributed by atoms with E-state index in [-0.39, 0.29) is 17.8 Å². The van der Waals surface area contributed by atoms with E-state index in [4.69, 9.17) is 37.9 Å². The van der Waals surface area contributed by atoms with Crippen molar-refractivity contribution in [3.63, 3.8) is 0 Å². The SMILES string of the molecule is C=C(C)C(=O)Nc1ccc(CCCCCCCC)cc1.C=C(C)C(=O)Nc1ccc(OCCOCCOCCC)cc1.C=C(C)C(=O)Oc1ccc(CCCCCCCC)cc1.C=C(C)C(=O)Oc1ccc(OCCOCCOCCC)cc1. The van der Waals surface area contributed by atoms with Crippen LogP contribution in [0.5, 0.6) is 23.0 Å². The van der Waals surface area contributed by atoms with E-state index in [0.29, 0.717) is 98.1 Å². The van der Waals surface area contributed by atoms with E-state index in [1.54, 1.807) is 76.2 Å². The van der Waals surface area contributed by atoms with Crippen LogP contribution in [0.2, 0.25) is 0 Å². The van der Waals surface area contributed by atoms with Crippen LogP contribution in [0.3, 0.4) is 0 Å². The number of rotatable bonds is 40. The van der Waals surface area contributed by atoms with Crippen molar-refractivity contribution in [3.05, 3.63) is 157 Å². The van der Waals surface area contributed by atoms with E-state index < -0.39 is 5.97 Å². The zero-order valence-corrected chi connectivity index (χ0v) is 52.3. The lowest BCUT2D eigenvalue weighted by atomic mass is 10.0. The summed E-state index contributed by atoms with van der Waals surface area (Å²) in [6.45, 7) is 35.4. The number of hydrogen-bond acceptors (Lipinski definition) is 12. The van der Waals surface area contributed by atoms with E-state index in [0.717, 1.165) is 50.3 Å². The number of carbonyl (C=O) groups excluding carboxylic acids is 4. The van der Waals surface area contributed by atoms with Gasteiger partial charge in [-0.1, -0.05) is 142 Å². The molecule has 0 aromatic heterocycles. The molecule has 0 radical (unpaired) electrons. The Hall–Kier alpha value is -6.84. The molecule has 0 heterocycles. The summed E-state index contributed by atoms with van der Waals surface area (Å²) >= 11 is 0. The molecule has 0 aliphatic rings. The molecule has 0 atom stereocenters. The maximum absolute atomic E-state index is 11.5. The highest BCUT2D eigenvalue weighted by atomic mass is 16.6. The fraction of sp³-hybridized carbons (Fsp3) is 0.486. The Balaban J connectivity index is 0.000000561. The van der Waals surface area contributed by atoms with Crippen LogP contribution in [0.15, 0.2) is 146 Å². The molecule has 4 aromatic carbocycles. The molecule has 84 heavy (non-hydrogen) atoms. The maximum atomic E-state index is 11.5. The summed E-state index contributed by atoms with van der Waals surface area (Å²) in [5.41, 5.74) is 5.97. The molecule has 2 N–H and O–H groups in total. The van der Waals surface area contributed by atoms with Crippen LogP contribution in [-0.4, -0.2) is 89.8 Å². The summed E-state index contributed by atoms with van der Waals surface area (Å²) in [7, 11) is 0. The number of ether oxygens (including phenoxy) is 8. The molecule has 0 aliphatic carbocycles. The standard InChI is InChI=1S/C18H27NO.C18H26O2.C17H25NO4.C17H24O5/c1-4-5-6-7-8-9-10-16-11-13-17(14-12-16)19-18(20)15(2)3;1-4-5-6-7-8-9-10-16-11-13-17(14-12-16)20-18(19)15(2)3;1-4-9-20-10-11-21-12-13-22-16-7-5-15(6-8-16)18-17(19)14(2)3;1-4-9-19-10-11-20-12-13-21-15-5-7-16(8-6-15)22-17(18)14(2)3/h11-14H,2,4-10H2,1,3H3,(H,19,20);11-14H,2,4-10H2,1,3H3;5-8H,2,4,9-13H2,1,3H3,(H,18,19);5-8H,2,4,9-13H2,1,3H3. The minimum Gasteiger partial charge on any atom is -0.491 e. The first-order valence-electron chi connectivity index (χ1n) is 30.2. The van der Waals surface area contributed by atoms with E-state index in [9.17, 15) is 19.2 Å². The molecule has 4 aromatic rings. The number of anilines is 2. The van der Waals surface area contributed by atoms with Gasteiger partial charge < -0.3 is 48.5 Å². The Morgan fingerprint density at radius 2 is 0.619 bits per heavy atom. The molecule has 0 spiro atoms. The van der Waals surface area contributed by atoms with Gasteiger partial charge in [-0.25, -0.2) is 9.59 Å². The Kier molecular flexibility index (Phi) is 44.4. The second-order valence-corrected chi connectivity index (χ2v) is 20.3. The van der Waals surface area contributed by atoms with E-state index in [1.165, 1.54) is 88.2 Å². The third-order valence-electron chi connectivity index (χ3n) is 12.0. The van der Waals surface area contributed by atoms with Gasteiger partial charge in [0.25, 0.3) is 11.8 Å². The van der Waals surface area contributed by atoms with E-state index in [1.807, 2.05) is 36.4 Å². The van der Waals surface area contributed by atoms with Crippen LogP contribution in [0.25, 0.3) is 0 Å². The Bertz CT molecular complexity index is 2260. The van der Waals surface area contributed by atoms with Crippen molar-refractivity contribution in [2.45, 2.75) is 158 Å². The van der Waals surface area contributed by atoms with Gasteiger partial charge in [0.2, 0.25) is 0 Å². The number of benzene rings is 4. The average Bonchev–Trinajstić information content (AvgIpc) is 3.56. The third kappa shape index (κ3) is 40.4. The summed E-state index contributed by atoms with van der Waals surface area (Å²) < 4.78 is 42.7. The van der Waals surface area contributed by atoms with Crippen molar-refractivity contribution in [1.82, 2.24) is 0 Å². The normalized spacial score (nSPS) is 10.3. The molecule has 0 fully saturated rings. The number of unbranched alkanes of at least 4 members (excludes halogenated alkanes) is 10. The van der Waals surface area contributed by atoms with Gasteiger partial charge >= 0.3 is 11.9 Å². The smallest absolute Gasteiger partial charge is 0.338 e. The number of amides is 2. The van der Waals surface area contributed by atoms with Gasteiger partial charge in [-0.3, -0.25) is 9.59 Å². The lowest BCUT2D eigenvalue weighted by Crippen LogP contribution is -2.12. The zero-order valence-electron chi connectivity index (χ0n) is 52.3. The number of esters is 2. The molecule has 0 saturated carbocycles. The third-order valence-corrected chi connectivity index (χ3v) is 12.0. The summed E-state index contributed by atoms with van der Waals surface area (Å²) in [5.74, 6) is 1.37. The van der Waals surface area contributed by atoms with Gasteiger partial charge in [0.15, 0.2) is 0 Å². The molecule has 2 amide bonds. The molecule has 0 unspecified atom stereocenters. The summed E-state index contributed by atoms with van der Waals surface area (Å²) in [4.78, 5) is 45.7. The molecule has 0 bridgehead atoms. The van der Waals surface area contributed by atoms with Gasteiger partial charge in [-0.05, 0) is 150 Å². The molecule has 4 rings (SSSR count). The number of hydrogen-bond donors (Lipinski definition) is 2. The summed E-state index contributed by atoms with van der Waals surface area (Å²) in [6.07, 6.45) is 20.1. The highest BCUT2D eigenvalue weighted by Crippen LogP contribution is 2.20. The largest absolute Gasteiger partial charge is 0.491 e. The second-order valence-electron chi connectivity index (χ2n) is 20.3.